The molecule has 1 unspecified atom stereocenters. The van der Waals surface area contributed by atoms with Crippen LogP contribution in [0.3, 0.4) is 0 Å². The first-order valence-corrected chi connectivity index (χ1v) is 7.79. The second-order valence-electron chi connectivity index (χ2n) is 5.71. The number of rotatable bonds is 6. The number of piperidine rings is 1. The average molecular weight is 290 g/mol. The van der Waals surface area contributed by atoms with E-state index in [-0.39, 0.29) is 5.91 Å². The number of carbonyl (C=O) groups excluding carboxylic acids is 1. The van der Waals surface area contributed by atoms with Crippen LogP contribution in [0.5, 0.6) is 0 Å². The maximum absolute atomic E-state index is 12.0. The summed E-state index contributed by atoms with van der Waals surface area (Å²) in [5, 5.41) is 2.97. The quantitative estimate of drug-likeness (QED) is 0.425. The molecule has 2 rings (SSSR count). The third-order valence-electron chi connectivity index (χ3n) is 4.16. The Kier molecular flexibility index (Phi) is 6.02. The van der Waals surface area contributed by atoms with Crippen LogP contribution >= 0.6 is 0 Å². The Morgan fingerprint density at radius 1 is 1.33 bits per heavy atom. The van der Waals surface area contributed by atoms with E-state index in [2.05, 4.69) is 22.6 Å². The van der Waals surface area contributed by atoms with Crippen LogP contribution in [0.15, 0.2) is 24.3 Å². The number of hydrogen-bond donors (Lipinski definition) is 3. The fourth-order valence-electron chi connectivity index (χ4n) is 2.79. The number of hydrogen-bond acceptors (Lipinski definition) is 4. The Morgan fingerprint density at radius 3 is 2.76 bits per heavy atom. The van der Waals surface area contributed by atoms with Gasteiger partial charge in [-0.05, 0) is 57.0 Å². The summed E-state index contributed by atoms with van der Waals surface area (Å²) in [5.74, 6) is 5.28. The highest BCUT2D eigenvalue weighted by Crippen LogP contribution is 2.16. The predicted molar refractivity (Wildman–Crippen MR) is 86.1 cm³/mol. The molecule has 116 valence electrons. The number of benzene rings is 1. The normalized spacial score (nSPS) is 19.2. The van der Waals surface area contributed by atoms with E-state index < -0.39 is 0 Å². The molecular weight excluding hydrogens is 264 g/mol. The Bertz CT molecular complexity index is 446. The van der Waals surface area contributed by atoms with Gasteiger partial charge in [-0.2, -0.15) is 0 Å². The van der Waals surface area contributed by atoms with Gasteiger partial charge in [0.2, 0.25) is 0 Å². The van der Waals surface area contributed by atoms with Crippen LogP contribution in [-0.2, 0) is 0 Å². The Labute approximate surface area is 126 Å². The van der Waals surface area contributed by atoms with Crippen LogP contribution in [0.2, 0.25) is 0 Å². The number of amides is 1. The minimum atomic E-state index is -0.0229. The summed E-state index contributed by atoms with van der Waals surface area (Å²) in [4.78, 5) is 14.5. The van der Waals surface area contributed by atoms with Crippen LogP contribution < -0.4 is 16.6 Å². The number of nitrogens with zero attached hydrogens (tertiary/aromatic N) is 1. The predicted octanol–water partition coefficient (Wildman–Crippen LogP) is 1.97. The van der Waals surface area contributed by atoms with Crippen molar-refractivity contribution in [3.05, 3.63) is 29.8 Å². The second-order valence-corrected chi connectivity index (χ2v) is 5.71. The number of nitrogens with one attached hydrogen (secondary N) is 2. The number of hydrazine groups is 1. The summed E-state index contributed by atoms with van der Waals surface area (Å²) in [7, 11) is 0. The monoisotopic (exact) mass is 290 g/mol. The zero-order valence-electron chi connectivity index (χ0n) is 12.8. The fourth-order valence-corrected chi connectivity index (χ4v) is 2.79. The van der Waals surface area contributed by atoms with Crippen molar-refractivity contribution in [2.75, 3.05) is 25.1 Å². The third kappa shape index (κ3) is 4.72. The van der Waals surface area contributed by atoms with Crippen molar-refractivity contribution < 1.29 is 4.79 Å². The molecule has 0 aromatic heterocycles. The van der Waals surface area contributed by atoms with Crippen molar-refractivity contribution >= 4 is 11.6 Å². The lowest BCUT2D eigenvalue weighted by molar-refractivity contribution is 0.0949. The van der Waals surface area contributed by atoms with Gasteiger partial charge in [-0.1, -0.05) is 6.42 Å². The molecule has 5 heteroatoms. The largest absolute Gasteiger partial charge is 0.352 e. The molecule has 4 N–H and O–H groups in total. The number of nitrogen functional groups attached to an aromatic ring is 1. The smallest absolute Gasteiger partial charge is 0.251 e. The molecule has 1 aromatic rings. The van der Waals surface area contributed by atoms with Gasteiger partial charge in [-0.15, -0.1) is 0 Å². The molecule has 1 saturated heterocycles. The van der Waals surface area contributed by atoms with E-state index in [4.69, 9.17) is 5.84 Å². The number of carbonyl (C=O) groups is 1. The molecule has 1 fully saturated rings. The number of anilines is 1. The van der Waals surface area contributed by atoms with Crippen molar-refractivity contribution in [1.82, 2.24) is 10.2 Å². The Hall–Kier alpha value is -1.59. The molecule has 0 saturated carbocycles. The van der Waals surface area contributed by atoms with E-state index in [9.17, 15) is 4.79 Å². The van der Waals surface area contributed by atoms with Gasteiger partial charge in [-0.25, -0.2) is 0 Å². The molecule has 1 aromatic carbocycles. The molecule has 0 bridgehead atoms. The second kappa shape index (κ2) is 8.00. The minimum absolute atomic E-state index is 0.0229. The highest BCUT2D eigenvalue weighted by molar-refractivity contribution is 5.94. The van der Waals surface area contributed by atoms with Crippen molar-refractivity contribution in [1.29, 1.82) is 0 Å². The lowest BCUT2D eigenvalue weighted by Crippen LogP contribution is -2.39. The Balaban J connectivity index is 1.68. The first-order chi connectivity index (χ1) is 10.2. The molecule has 1 aliphatic heterocycles. The molecule has 0 aliphatic carbocycles. The summed E-state index contributed by atoms with van der Waals surface area (Å²) in [5.41, 5.74) is 4.01. The molecule has 1 amide bonds. The van der Waals surface area contributed by atoms with E-state index in [1.54, 1.807) is 24.3 Å². The maximum Gasteiger partial charge on any atom is 0.251 e. The first-order valence-electron chi connectivity index (χ1n) is 7.79. The van der Waals surface area contributed by atoms with E-state index >= 15 is 0 Å². The van der Waals surface area contributed by atoms with Crippen LogP contribution in [0, 0.1) is 0 Å². The van der Waals surface area contributed by atoms with Gasteiger partial charge in [0, 0.05) is 30.4 Å². The highest BCUT2D eigenvalue weighted by Gasteiger charge is 2.17. The highest BCUT2D eigenvalue weighted by atomic mass is 16.1. The SMILES string of the molecule is CC1CCCCN1CCCNC(=O)c1ccc(NN)cc1. The third-order valence-corrected chi connectivity index (χ3v) is 4.16. The fraction of sp³-hybridized carbons (Fsp3) is 0.562. The number of nitrogens with two attached hydrogens (primary N) is 1. The van der Waals surface area contributed by atoms with Crippen LogP contribution in [0.25, 0.3) is 0 Å². The van der Waals surface area contributed by atoms with E-state index in [1.807, 2.05) is 0 Å². The summed E-state index contributed by atoms with van der Waals surface area (Å²) in [6.45, 7) is 5.28. The molecular formula is C16H26N4O. The minimum Gasteiger partial charge on any atom is -0.352 e. The van der Waals surface area contributed by atoms with Gasteiger partial charge in [0.15, 0.2) is 0 Å². The van der Waals surface area contributed by atoms with Crippen molar-refractivity contribution in [3.8, 4) is 0 Å². The zero-order valence-corrected chi connectivity index (χ0v) is 12.8. The van der Waals surface area contributed by atoms with Gasteiger partial charge in [0.25, 0.3) is 5.91 Å². The summed E-state index contributed by atoms with van der Waals surface area (Å²) >= 11 is 0. The van der Waals surface area contributed by atoms with Gasteiger partial charge in [0.05, 0.1) is 0 Å². The first kappa shape index (κ1) is 15.8. The molecule has 21 heavy (non-hydrogen) atoms. The van der Waals surface area contributed by atoms with Gasteiger partial charge >= 0.3 is 0 Å². The molecule has 1 heterocycles. The van der Waals surface area contributed by atoms with E-state index in [0.717, 1.165) is 25.2 Å². The van der Waals surface area contributed by atoms with E-state index in [1.165, 1.54) is 25.8 Å². The van der Waals surface area contributed by atoms with Gasteiger partial charge < -0.3 is 15.6 Å². The lowest BCUT2D eigenvalue weighted by atomic mass is 10.0. The lowest BCUT2D eigenvalue weighted by Gasteiger charge is -2.33. The zero-order chi connectivity index (χ0) is 15.1. The standard InChI is InChI=1S/C16H26N4O/c1-13-5-2-3-11-20(13)12-4-10-18-16(21)14-6-8-15(19-17)9-7-14/h6-9,13,19H,2-5,10-12,17H2,1H3,(H,18,21). The van der Waals surface area contributed by atoms with Crippen LogP contribution in [0.4, 0.5) is 5.69 Å². The van der Waals surface area contributed by atoms with Crippen molar-refractivity contribution in [2.45, 2.75) is 38.6 Å². The molecule has 0 spiro atoms. The van der Waals surface area contributed by atoms with E-state index in [0.29, 0.717) is 11.6 Å². The van der Waals surface area contributed by atoms with Gasteiger partial charge in [-0.3, -0.25) is 10.6 Å². The van der Waals surface area contributed by atoms with Crippen LogP contribution in [0.1, 0.15) is 43.0 Å². The Morgan fingerprint density at radius 2 is 2.10 bits per heavy atom. The summed E-state index contributed by atoms with van der Waals surface area (Å²) in [6, 6.07) is 7.83. The van der Waals surface area contributed by atoms with Crippen molar-refractivity contribution in [2.24, 2.45) is 5.84 Å². The topological polar surface area (TPSA) is 70.4 Å². The molecule has 1 atom stereocenters. The molecule has 5 nitrogen and oxygen atoms in total. The number of likely N-dealkylation sites (tertiary alicyclic amines) is 1. The summed E-state index contributed by atoms with van der Waals surface area (Å²) < 4.78 is 0. The van der Waals surface area contributed by atoms with Gasteiger partial charge in [0.1, 0.15) is 0 Å². The van der Waals surface area contributed by atoms with Crippen LogP contribution in [-0.4, -0.2) is 36.5 Å². The summed E-state index contributed by atoms with van der Waals surface area (Å²) in [6.07, 6.45) is 4.95. The van der Waals surface area contributed by atoms with Crippen molar-refractivity contribution in [3.63, 3.8) is 0 Å². The maximum atomic E-state index is 12.0. The average Bonchev–Trinajstić information content (AvgIpc) is 2.53. The molecule has 0 radical (unpaired) electrons. The molecule has 1 aliphatic rings.